The number of aryl methyl sites for hydroxylation is 1. The highest BCUT2D eigenvalue weighted by molar-refractivity contribution is 5.86. The largest absolute Gasteiger partial charge is 0.340 e. The first-order valence-electron chi connectivity index (χ1n) is 7.52. The van der Waals surface area contributed by atoms with Crippen LogP contribution in [0.3, 0.4) is 0 Å². The predicted molar refractivity (Wildman–Crippen MR) is 85.0 cm³/mol. The SMILES string of the molecule is CCCCn1c(=O)n2c(-c3ccncc3)nnc2c2[nH]cnc21. The average molecular weight is 309 g/mol. The summed E-state index contributed by atoms with van der Waals surface area (Å²) in [6.07, 6.45) is 6.81. The van der Waals surface area contributed by atoms with E-state index >= 15 is 0 Å². The van der Waals surface area contributed by atoms with Crippen molar-refractivity contribution in [2.75, 3.05) is 0 Å². The molecule has 0 saturated carbocycles. The summed E-state index contributed by atoms with van der Waals surface area (Å²) in [5.41, 5.74) is 2.44. The Bertz CT molecular complexity index is 1030. The zero-order valence-corrected chi connectivity index (χ0v) is 12.6. The fraction of sp³-hybridized carbons (Fsp3) is 0.267. The number of H-pyrrole nitrogens is 1. The zero-order chi connectivity index (χ0) is 15.8. The third-order valence-electron chi connectivity index (χ3n) is 3.86. The monoisotopic (exact) mass is 309 g/mol. The van der Waals surface area contributed by atoms with Crippen LogP contribution in [-0.2, 0) is 6.54 Å². The minimum Gasteiger partial charge on any atom is -0.340 e. The van der Waals surface area contributed by atoms with Gasteiger partial charge in [-0.3, -0.25) is 9.55 Å². The Morgan fingerprint density at radius 1 is 1.17 bits per heavy atom. The van der Waals surface area contributed by atoms with E-state index in [1.807, 2.05) is 12.1 Å². The molecule has 0 amide bonds. The molecule has 0 spiro atoms. The maximum Gasteiger partial charge on any atom is 0.337 e. The molecular weight excluding hydrogens is 294 g/mol. The topological polar surface area (TPSA) is 93.8 Å². The Labute approximate surface area is 130 Å². The highest BCUT2D eigenvalue weighted by Crippen LogP contribution is 2.19. The molecule has 0 aliphatic heterocycles. The van der Waals surface area contributed by atoms with Crippen LogP contribution < -0.4 is 5.69 Å². The highest BCUT2D eigenvalue weighted by Gasteiger charge is 2.18. The van der Waals surface area contributed by atoms with E-state index in [9.17, 15) is 4.79 Å². The van der Waals surface area contributed by atoms with E-state index in [1.54, 1.807) is 23.3 Å². The average Bonchev–Trinajstić information content (AvgIpc) is 3.22. The van der Waals surface area contributed by atoms with E-state index in [2.05, 4.69) is 32.1 Å². The summed E-state index contributed by atoms with van der Waals surface area (Å²) < 4.78 is 3.21. The molecule has 8 heteroatoms. The van der Waals surface area contributed by atoms with E-state index in [0.29, 0.717) is 29.2 Å². The maximum atomic E-state index is 13.0. The molecule has 0 aliphatic rings. The molecule has 1 N–H and O–H groups in total. The minimum absolute atomic E-state index is 0.176. The Kier molecular flexibility index (Phi) is 3.14. The first-order valence-corrected chi connectivity index (χ1v) is 7.52. The summed E-state index contributed by atoms with van der Waals surface area (Å²) in [6, 6.07) is 3.62. The van der Waals surface area contributed by atoms with Crippen molar-refractivity contribution in [3.63, 3.8) is 0 Å². The second-order valence-electron chi connectivity index (χ2n) is 5.31. The number of unbranched alkanes of at least 4 members (excludes halogenated alkanes) is 1. The molecule has 0 aliphatic carbocycles. The van der Waals surface area contributed by atoms with Gasteiger partial charge in [-0.25, -0.2) is 14.2 Å². The van der Waals surface area contributed by atoms with Gasteiger partial charge in [0.1, 0.15) is 5.52 Å². The van der Waals surface area contributed by atoms with Crippen LogP contribution >= 0.6 is 0 Å². The summed E-state index contributed by atoms with van der Waals surface area (Å²) in [5, 5.41) is 8.39. The molecule has 0 aromatic carbocycles. The van der Waals surface area contributed by atoms with Crippen LogP contribution in [0.1, 0.15) is 19.8 Å². The number of fused-ring (bicyclic) bond motifs is 3. The van der Waals surface area contributed by atoms with E-state index < -0.39 is 0 Å². The molecule has 0 unspecified atom stereocenters. The first-order chi connectivity index (χ1) is 11.3. The lowest BCUT2D eigenvalue weighted by molar-refractivity contribution is 0.610. The van der Waals surface area contributed by atoms with Gasteiger partial charge in [0, 0.05) is 24.5 Å². The summed E-state index contributed by atoms with van der Waals surface area (Å²) in [5.74, 6) is 0.508. The van der Waals surface area contributed by atoms with Gasteiger partial charge in [0.15, 0.2) is 17.1 Å². The standard InChI is InChI=1S/C15H15N7O/c1-2-3-8-21-13-11(17-9-18-13)14-20-19-12(22(14)15(21)23)10-4-6-16-7-5-10/h4-7,9H,2-3,8H2,1H3,(H,17,18). The van der Waals surface area contributed by atoms with Gasteiger partial charge in [-0.2, -0.15) is 0 Å². The second kappa shape index (κ2) is 5.31. The van der Waals surface area contributed by atoms with Gasteiger partial charge in [-0.1, -0.05) is 13.3 Å². The van der Waals surface area contributed by atoms with Crippen LogP contribution in [0.15, 0.2) is 35.6 Å². The van der Waals surface area contributed by atoms with Crippen LogP contribution in [0.2, 0.25) is 0 Å². The molecule has 4 rings (SSSR count). The lowest BCUT2D eigenvalue weighted by Crippen LogP contribution is -2.28. The molecule has 4 heterocycles. The predicted octanol–water partition coefficient (Wildman–Crippen LogP) is 1.63. The Morgan fingerprint density at radius 3 is 2.78 bits per heavy atom. The smallest absolute Gasteiger partial charge is 0.337 e. The quantitative estimate of drug-likeness (QED) is 0.618. The van der Waals surface area contributed by atoms with Gasteiger partial charge in [0.2, 0.25) is 0 Å². The molecule has 0 bridgehead atoms. The van der Waals surface area contributed by atoms with Crippen LogP contribution in [0, 0.1) is 0 Å². The lowest BCUT2D eigenvalue weighted by Gasteiger charge is -2.08. The second-order valence-corrected chi connectivity index (χ2v) is 5.31. The third kappa shape index (κ3) is 2.02. The molecule has 4 aromatic heterocycles. The summed E-state index contributed by atoms with van der Waals surface area (Å²) in [7, 11) is 0. The molecule has 116 valence electrons. The number of nitrogens with zero attached hydrogens (tertiary/aromatic N) is 6. The van der Waals surface area contributed by atoms with Crippen molar-refractivity contribution in [3.05, 3.63) is 41.3 Å². The fourth-order valence-corrected chi connectivity index (χ4v) is 2.70. The summed E-state index contributed by atoms with van der Waals surface area (Å²) in [4.78, 5) is 24.3. The fourth-order valence-electron chi connectivity index (χ4n) is 2.70. The first kappa shape index (κ1) is 13.6. The maximum absolute atomic E-state index is 13.0. The molecule has 0 radical (unpaired) electrons. The number of rotatable bonds is 4. The molecule has 23 heavy (non-hydrogen) atoms. The van der Waals surface area contributed by atoms with Gasteiger partial charge < -0.3 is 4.98 Å². The molecule has 4 aromatic rings. The van der Waals surface area contributed by atoms with E-state index in [0.717, 1.165) is 18.4 Å². The van der Waals surface area contributed by atoms with E-state index in [1.165, 1.54) is 4.40 Å². The van der Waals surface area contributed by atoms with E-state index in [4.69, 9.17) is 0 Å². The highest BCUT2D eigenvalue weighted by atomic mass is 16.1. The van der Waals surface area contributed by atoms with Crippen molar-refractivity contribution in [2.24, 2.45) is 0 Å². The number of hydrogen-bond acceptors (Lipinski definition) is 5. The normalized spacial score (nSPS) is 11.5. The summed E-state index contributed by atoms with van der Waals surface area (Å²) >= 11 is 0. The van der Waals surface area contributed by atoms with Gasteiger partial charge in [-0.05, 0) is 18.6 Å². The van der Waals surface area contributed by atoms with Gasteiger partial charge in [0.25, 0.3) is 0 Å². The van der Waals surface area contributed by atoms with Gasteiger partial charge in [0.05, 0.1) is 6.33 Å². The van der Waals surface area contributed by atoms with Crippen molar-refractivity contribution in [2.45, 2.75) is 26.3 Å². The minimum atomic E-state index is -0.176. The molecule has 0 fully saturated rings. The lowest BCUT2D eigenvalue weighted by atomic mass is 10.2. The Balaban J connectivity index is 2.07. The zero-order valence-electron chi connectivity index (χ0n) is 12.6. The Hall–Kier alpha value is -3.03. The number of imidazole rings is 1. The number of hydrogen-bond donors (Lipinski definition) is 1. The number of aromatic amines is 1. The number of aromatic nitrogens is 7. The van der Waals surface area contributed by atoms with Crippen LogP contribution in [0.25, 0.3) is 28.2 Å². The van der Waals surface area contributed by atoms with Crippen molar-refractivity contribution >= 4 is 16.8 Å². The molecular formula is C15H15N7O. The van der Waals surface area contributed by atoms with Crippen LogP contribution in [0.5, 0.6) is 0 Å². The molecule has 0 saturated heterocycles. The van der Waals surface area contributed by atoms with Gasteiger partial charge in [-0.15, -0.1) is 10.2 Å². The van der Waals surface area contributed by atoms with Crippen molar-refractivity contribution < 1.29 is 0 Å². The van der Waals surface area contributed by atoms with Gasteiger partial charge >= 0.3 is 5.69 Å². The Morgan fingerprint density at radius 2 is 2.00 bits per heavy atom. The molecule has 0 atom stereocenters. The van der Waals surface area contributed by atoms with Crippen LogP contribution in [0.4, 0.5) is 0 Å². The van der Waals surface area contributed by atoms with Crippen molar-refractivity contribution in [1.29, 1.82) is 0 Å². The van der Waals surface area contributed by atoms with Crippen molar-refractivity contribution in [1.82, 2.24) is 34.1 Å². The summed E-state index contributed by atoms with van der Waals surface area (Å²) in [6.45, 7) is 2.70. The molecule has 8 nitrogen and oxygen atoms in total. The number of nitrogens with one attached hydrogen (secondary N) is 1. The van der Waals surface area contributed by atoms with E-state index in [-0.39, 0.29) is 5.69 Å². The van der Waals surface area contributed by atoms with Crippen molar-refractivity contribution in [3.8, 4) is 11.4 Å². The van der Waals surface area contributed by atoms with Crippen LogP contribution in [-0.4, -0.2) is 34.1 Å². The third-order valence-corrected chi connectivity index (χ3v) is 3.86. The number of pyridine rings is 1.